The minimum atomic E-state index is 0.241. The normalized spacial score (nSPS) is 27.1. The van der Waals surface area contributed by atoms with Crippen LogP contribution in [-0.2, 0) is 4.79 Å². The largest absolute Gasteiger partial charge is 0.354 e. The molecule has 0 radical (unpaired) electrons. The van der Waals surface area contributed by atoms with Crippen LogP contribution in [0.5, 0.6) is 0 Å². The third-order valence-electron chi connectivity index (χ3n) is 4.38. The molecular formula is C14H27N3O. The van der Waals surface area contributed by atoms with E-state index in [1.807, 2.05) is 0 Å². The topological polar surface area (TPSA) is 44.4 Å². The highest BCUT2D eigenvalue weighted by molar-refractivity contribution is 5.78. The zero-order valence-corrected chi connectivity index (χ0v) is 11.6. The van der Waals surface area contributed by atoms with Gasteiger partial charge >= 0.3 is 0 Å². The van der Waals surface area contributed by atoms with Crippen LogP contribution < -0.4 is 10.6 Å². The SMILES string of the molecule is CCN1CCCCC1CNC(=O)C1CCNCC1. The van der Waals surface area contributed by atoms with Gasteiger partial charge in [0.1, 0.15) is 0 Å². The fourth-order valence-electron chi connectivity index (χ4n) is 3.15. The van der Waals surface area contributed by atoms with Crippen molar-refractivity contribution < 1.29 is 4.79 Å². The van der Waals surface area contributed by atoms with Gasteiger partial charge in [-0.05, 0) is 51.9 Å². The molecule has 0 aromatic carbocycles. The number of likely N-dealkylation sites (tertiary alicyclic amines) is 1. The monoisotopic (exact) mass is 253 g/mol. The average Bonchev–Trinajstić information content (AvgIpc) is 2.46. The number of carbonyl (C=O) groups excluding carboxylic acids is 1. The summed E-state index contributed by atoms with van der Waals surface area (Å²) in [5.74, 6) is 0.517. The lowest BCUT2D eigenvalue weighted by Gasteiger charge is -2.35. The Kier molecular flexibility index (Phi) is 5.45. The Labute approximate surface area is 110 Å². The number of piperidine rings is 2. The van der Waals surface area contributed by atoms with E-state index in [1.54, 1.807) is 0 Å². The van der Waals surface area contributed by atoms with Gasteiger partial charge in [0.25, 0.3) is 0 Å². The van der Waals surface area contributed by atoms with Crippen LogP contribution in [0, 0.1) is 5.92 Å². The van der Waals surface area contributed by atoms with E-state index in [0.717, 1.165) is 39.0 Å². The maximum Gasteiger partial charge on any atom is 0.223 e. The van der Waals surface area contributed by atoms with Crippen LogP contribution in [0.2, 0.25) is 0 Å². The molecule has 2 saturated heterocycles. The highest BCUT2D eigenvalue weighted by atomic mass is 16.1. The number of likely N-dealkylation sites (N-methyl/N-ethyl adjacent to an activating group) is 1. The van der Waals surface area contributed by atoms with Crippen LogP contribution in [0.1, 0.15) is 39.0 Å². The first-order chi connectivity index (χ1) is 8.81. The molecule has 0 spiro atoms. The minimum absolute atomic E-state index is 0.241. The molecule has 2 aliphatic heterocycles. The van der Waals surface area contributed by atoms with Crippen molar-refractivity contribution in [1.82, 2.24) is 15.5 Å². The van der Waals surface area contributed by atoms with Crippen molar-refractivity contribution in [1.29, 1.82) is 0 Å². The van der Waals surface area contributed by atoms with Crippen LogP contribution in [0.4, 0.5) is 0 Å². The Morgan fingerprint density at radius 1 is 1.28 bits per heavy atom. The summed E-state index contributed by atoms with van der Waals surface area (Å²) in [6.07, 6.45) is 5.85. The molecule has 2 fully saturated rings. The molecule has 0 aliphatic carbocycles. The van der Waals surface area contributed by atoms with Gasteiger partial charge in [-0.15, -0.1) is 0 Å². The third-order valence-corrected chi connectivity index (χ3v) is 4.38. The average molecular weight is 253 g/mol. The molecule has 0 aromatic heterocycles. The van der Waals surface area contributed by atoms with Gasteiger partial charge in [0.15, 0.2) is 0 Å². The number of nitrogens with zero attached hydrogens (tertiary/aromatic N) is 1. The molecule has 2 heterocycles. The minimum Gasteiger partial charge on any atom is -0.354 e. The summed E-state index contributed by atoms with van der Waals surface area (Å²) in [7, 11) is 0. The first kappa shape index (κ1) is 13.8. The van der Waals surface area contributed by atoms with E-state index in [9.17, 15) is 4.79 Å². The zero-order valence-electron chi connectivity index (χ0n) is 11.6. The quantitative estimate of drug-likeness (QED) is 0.785. The van der Waals surface area contributed by atoms with Crippen LogP contribution in [-0.4, -0.2) is 49.6 Å². The summed E-state index contributed by atoms with van der Waals surface area (Å²) in [6.45, 7) is 7.34. The van der Waals surface area contributed by atoms with Crippen molar-refractivity contribution in [3.8, 4) is 0 Å². The molecule has 104 valence electrons. The zero-order chi connectivity index (χ0) is 12.8. The van der Waals surface area contributed by atoms with Crippen molar-refractivity contribution in [3.05, 3.63) is 0 Å². The Hall–Kier alpha value is -0.610. The molecule has 4 heteroatoms. The molecular weight excluding hydrogens is 226 g/mol. The second-order valence-electron chi connectivity index (χ2n) is 5.55. The Morgan fingerprint density at radius 3 is 2.78 bits per heavy atom. The second kappa shape index (κ2) is 7.10. The lowest BCUT2D eigenvalue weighted by molar-refractivity contribution is -0.126. The van der Waals surface area contributed by atoms with E-state index in [4.69, 9.17) is 0 Å². The fourth-order valence-corrected chi connectivity index (χ4v) is 3.15. The molecule has 2 rings (SSSR count). The van der Waals surface area contributed by atoms with E-state index in [1.165, 1.54) is 25.8 Å². The Balaban J connectivity index is 1.73. The molecule has 4 nitrogen and oxygen atoms in total. The lowest BCUT2D eigenvalue weighted by Crippen LogP contribution is -2.48. The van der Waals surface area contributed by atoms with Crippen molar-refractivity contribution in [2.75, 3.05) is 32.7 Å². The summed E-state index contributed by atoms with van der Waals surface area (Å²) in [6, 6.07) is 0.564. The number of nitrogens with one attached hydrogen (secondary N) is 2. The molecule has 0 saturated carbocycles. The predicted octanol–water partition coefficient (Wildman–Crippen LogP) is 0.977. The van der Waals surface area contributed by atoms with Gasteiger partial charge in [0.05, 0.1) is 0 Å². The van der Waals surface area contributed by atoms with Gasteiger partial charge in [0.2, 0.25) is 5.91 Å². The van der Waals surface area contributed by atoms with E-state index < -0.39 is 0 Å². The number of rotatable bonds is 4. The Bertz CT molecular complexity index is 264. The van der Waals surface area contributed by atoms with E-state index in [-0.39, 0.29) is 11.8 Å². The fraction of sp³-hybridized carbons (Fsp3) is 0.929. The molecule has 1 unspecified atom stereocenters. The predicted molar refractivity (Wildman–Crippen MR) is 73.5 cm³/mol. The number of hydrogen-bond donors (Lipinski definition) is 2. The second-order valence-corrected chi connectivity index (χ2v) is 5.55. The summed E-state index contributed by atoms with van der Waals surface area (Å²) >= 11 is 0. The summed E-state index contributed by atoms with van der Waals surface area (Å²) in [5, 5.41) is 6.48. The van der Waals surface area contributed by atoms with Gasteiger partial charge in [-0.3, -0.25) is 9.69 Å². The van der Waals surface area contributed by atoms with Crippen molar-refractivity contribution >= 4 is 5.91 Å². The van der Waals surface area contributed by atoms with Crippen molar-refractivity contribution in [2.45, 2.75) is 45.1 Å². The number of hydrogen-bond acceptors (Lipinski definition) is 3. The summed E-state index contributed by atoms with van der Waals surface area (Å²) in [5.41, 5.74) is 0. The lowest BCUT2D eigenvalue weighted by atomic mass is 9.96. The molecule has 0 aromatic rings. The maximum atomic E-state index is 12.1. The molecule has 0 bridgehead atoms. The molecule has 1 amide bonds. The van der Waals surface area contributed by atoms with Crippen LogP contribution in [0.15, 0.2) is 0 Å². The third kappa shape index (κ3) is 3.69. The maximum absolute atomic E-state index is 12.1. The standard InChI is InChI=1S/C14H27N3O/c1-2-17-10-4-3-5-13(17)11-16-14(18)12-6-8-15-9-7-12/h12-13,15H,2-11H2,1H3,(H,16,18). The Morgan fingerprint density at radius 2 is 2.06 bits per heavy atom. The van der Waals surface area contributed by atoms with Crippen LogP contribution in [0.3, 0.4) is 0 Å². The molecule has 2 N–H and O–H groups in total. The first-order valence-electron chi connectivity index (χ1n) is 7.53. The van der Waals surface area contributed by atoms with Crippen LogP contribution in [0.25, 0.3) is 0 Å². The summed E-state index contributed by atoms with van der Waals surface area (Å²) < 4.78 is 0. The van der Waals surface area contributed by atoms with Gasteiger partial charge in [-0.25, -0.2) is 0 Å². The van der Waals surface area contributed by atoms with E-state index in [2.05, 4.69) is 22.5 Å². The number of amides is 1. The highest BCUT2D eigenvalue weighted by Crippen LogP contribution is 2.16. The smallest absolute Gasteiger partial charge is 0.223 e. The van der Waals surface area contributed by atoms with Crippen molar-refractivity contribution in [2.24, 2.45) is 5.92 Å². The molecule has 18 heavy (non-hydrogen) atoms. The summed E-state index contributed by atoms with van der Waals surface area (Å²) in [4.78, 5) is 14.6. The van der Waals surface area contributed by atoms with Gasteiger partial charge < -0.3 is 10.6 Å². The first-order valence-corrected chi connectivity index (χ1v) is 7.53. The number of carbonyl (C=O) groups is 1. The highest BCUT2D eigenvalue weighted by Gasteiger charge is 2.24. The molecule has 1 atom stereocenters. The van der Waals surface area contributed by atoms with E-state index in [0.29, 0.717) is 6.04 Å². The van der Waals surface area contributed by atoms with Gasteiger partial charge in [-0.2, -0.15) is 0 Å². The van der Waals surface area contributed by atoms with Gasteiger partial charge in [-0.1, -0.05) is 13.3 Å². The van der Waals surface area contributed by atoms with E-state index >= 15 is 0 Å². The van der Waals surface area contributed by atoms with Crippen LogP contribution >= 0.6 is 0 Å². The molecule has 2 aliphatic rings. The van der Waals surface area contributed by atoms with Crippen molar-refractivity contribution in [3.63, 3.8) is 0 Å². The van der Waals surface area contributed by atoms with Gasteiger partial charge in [0, 0.05) is 18.5 Å².